The molecule has 0 aliphatic rings. The van der Waals surface area contributed by atoms with Crippen molar-refractivity contribution in [1.29, 1.82) is 0 Å². The maximum Gasteiger partial charge on any atom is 0.322 e. The minimum atomic E-state index is 0.503. The molecule has 86 valence electrons. The third-order valence-electron chi connectivity index (χ3n) is 2.90. The van der Waals surface area contributed by atoms with Crippen LogP contribution in [0.1, 0.15) is 11.1 Å². The third kappa shape index (κ3) is 1.41. The summed E-state index contributed by atoms with van der Waals surface area (Å²) in [5, 5.41) is 0.503. The standard InChI is InChI=1S/C11H11N5S/c1-5-3-7-8(4-6(5)2)15-10-9(14-7)16(13)11(12)17-10/h3-4,12H,13H2,1-2H3/p+1. The topological polar surface area (TPSA) is 81.7 Å². The van der Waals surface area contributed by atoms with E-state index in [2.05, 4.69) is 23.8 Å². The van der Waals surface area contributed by atoms with Crippen molar-refractivity contribution in [2.24, 2.45) is 0 Å². The molecule has 0 saturated carbocycles. The van der Waals surface area contributed by atoms with Crippen LogP contribution >= 0.6 is 11.3 Å². The molecule has 0 amide bonds. The molecule has 1 aromatic carbocycles. The van der Waals surface area contributed by atoms with Crippen molar-refractivity contribution < 1.29 is 4.68 Å². The number of nitrogens with two attached hydrogens (primary N) is 2. The molecule has 0 aliphatic carbocycles. The minimum Gasteiger partial charge on any atom is -0.308 e. The number of aryl methyl sites for hydroxylation is 2. The van der Waals surface area contributed by atoms with Gasteiger partial charge in [-0.25, -0.2) is 4.98 Å². The van der Waals surface area contributed by atoms with E-state index in [1.807, 2.05) is 12.1 Å². The molecule has 3 rings (SSSR count). The van der Waals surface area contributed by atoms with E-state index in [0.717, 1.165) is 15.9 Å². The quantitative estimate of drug-likeness (QED) is 0.459. The van der Waals surface area contributed by atoms with Gasteiger partial charge < -0.3 is 5.73 Å². The molecule has 3 aromatic rings. The van der Waals surface area contributed by atoms with Crippen LogP contribution in [0.3, 0.4) is 0 Å². The van der Waals surface area contributed by atoms with Gasteiger partial charge in [0.15, 0.2) is 5.52 Å². The summed E-state index contributed by atoms with van der Waals surface area (Å²) in [5.41, 5.74) is 10.5. The Hall–Kier alpha value is -1.95. The number of thiazole rings is 1. The van der Waals surface area contributed by atoms with Crippen LogP contribution in [0.5, 0.6) is 0 Å². The number of benzene rings is 1. The average molecular weight is 246 g/mol. The highest BCUT2D eigenvalue weighted by molar-refractivity contribution is 7.21. The lowest BCUT2D eigenvalue weighted by molar-refractivity contribution is -0.594. The molecule has 17 heavy (non-hydrogen) atoms. The Balaban J connectivity index is 2.48. The first-order chi connectivity index (χ1) is 8.06. The second-order valence-electron chi connectivity index (χ2n) is 4.09. The molecule has 2 aromatic heterocycles. The Morgan fingerprint density at radius 3 is 2.35 bits per heavy atom. The van der Waals surface area contributed by atoms with Gasteiger partial charge in [0.2, 0.25) is 4.83 Å². The first-order valence-corrected chi connectivity index (χ1v) is 6.02. The summed E-state index contributed by atoms with van der Waals surface area (Å²) in [6.07, 6.45) is 0. The van der Waals surface area contributed by atoms with Crippen molar-refractivity contribution in [2.45, 2.75) is 13.8 Å². The van der Waals surface area contributed by atoms with Crippen LogP contribution in [-0.2, 0) is 0 Å². The molecular formula is C11H12N5S+. The van der Waals surface area contributed by atoms with E-state index >= 15 is 0 Å². The summed E-state index contributed by atoms with van der Waals surface area (Å²) < 4.78 is 1.38. The minimum absolute atomic E-state index is 0.503. The van der Waals surface area contributed by atoms with Crippen molar-refractivity contribution in [3.05, 3.63) is 23.3 Å². The number of fused-ring (bicyclic) bond motifs is 2. The van der Waals surface area contributed by atoms with E-state index in [0.29, 0.717) is 10.8 Å². The van der Waals surface area contributed by atoms with Crippen LogP contribution in [0.4, 0.5) is 5.13 Å². The van der Waals surface area contributed by atoms with E-state index in [9.17, 15) is 0 Å². The van der Waals surface area contributed by atoms with Crippen molar-refractivity contribution >= 4 is 38.0 Å². The molecule has 0 bridgehead atoms. The summed E-state index contributed by atoms with van der Waals surface area (Å²) >= 11 is 1.35. The zero-order valence-corrected chi connectivity index (χ0v) is 10.4. The van der Waals surface area contributed by atoms with Gasteiger partial charge in [0.05, 0.1) is 0 Å². The molecule has 0 radical (unpaired) electrons. The Morgan fingerprint density at radius 2 is 1.71 bits per heavy atom. The Morgan fingerprint density at radius 1 is 1.12 bits per heavy atom. The highest BCUT2D eigenvalue weighted by Crippen LogP contribution is 2.22. The van der Waals surface area contributed by atoms with Crippen molar-refractivity contribution in [2.75, 3.05) is 11.6 Å². The fourth-order valence-electron chi connectivity index (χ4n) is 1.76. The first kappa shape index (κ1) is 10.2. The molecule has 2 heterocycles. The van der Waals surface area contributed by atoms with Crippen LogP contribution < -0.4 is 16.3 Å². The van der Waals surface area contributed by atoms with E-state index in [1.54, 1.807) is 0 Å². The number of aromatic nitrogens is 3. The predicted molar refractivity (Wildman–Crippen MR) is 69.2 cm³/mol. The van der Waals surface area contributed by atoms with Crippen molar-refractivity contribution in [3.8, 4) is 0 Å². The normalized spacial score (nSPS) is 11.4. The number of hydrogen-bond donors (Lipinski definition) is 2. The van der Waals surface area contributed by atoms with Gasteiger partial charge in [-0.15, -0.1) is 4.68 Å². The smallest absolute Gasteiger partial charge is 0.308 e. The second kappa shape index (κ2) is 3.27. The number of nitrogen functional groups attached to an aromatic ring is 2. The fraction of sp³-hybridized carbons (Fsp3) is 0.182. The summed E-state index contributed by atoms with van der Waals surface area (Å²) in [5.74, 6) is 5.80. The van der Waals surface area contributed by atoms with Gasteiger partial charge in [-0.2, -0.15) is 0 Å². The van der Waals surface area contributed by atoms with E-state index in [1.165, 1.54) is 27.1 Å². The van der Waals surface area contributed by atoms with E-state index in [-0.39, 0.29) is 0 Å². The third-order valence-corrected chi connectivity index (χ3v) is 3.77. The molecule has 0 spiro atoms. The first-order valence-electron chi connectivity index (χ1n) is 5.20. The zero-order chi connectivity index (χ0) is 12.2. The maximum atomic E-state index is 5.80. The molecule has 6 heteroatoms. The van der Waals surface area contributed by atoms with Gasteiger partial charge >= 0.3 is 10.8 Å². The summed E-state index contributed by atoms with van der Waals surface area (Å²) in [7, 11) is 0. The molecule has 0 atom stereocenters. The molecule has 0 aliphatic heterocycles. The Labute approximate surface area is 102 Å². The molecule has 4 N–H and O–H groups in total. The molecule has 0 saturated heterocycles. The monoisotopic (exact) mass is 246 g/mol. The second-order valence-corrected chi connectivity index (χ2v) is 5.10. The van der Waals surface area contributed by atoms with Crippen molar-refractivity contribution in [3.63, 3.8) is 0 Å². The highest BCUT2D eigenvalue weighted by atomic mass is 32.1. The molecule has 0 fully saturated rings. The predicted octanol–water partition coefficient (Wildman–Crippen LogP) is 1.04. The lowest BCUT2D eigenvalue weighted by Crippen LogP contribution is -2.45. The molecule has 5 nitrogen and oxygen atoms in total. The fourth-order valence-corrected chi connectivity index (χ4v) is 2.53. The lowest BCUT2D eigenvalue weighted by atomic mass is 10.1. The van der Waals surface area contributed by atoms with E-state index in [4.69, 9.17) is 11.6 Å². The highest BCUT2D eigenvalue weighted by Gasteiger charge is 2.17. The van der Waals surface area contributed by atoms with Crippen LogP contribution in [-0.4, -0.2) is 9.97 Å². The van der Waals surface area contributed by atoms with E-state index < -0.39 is 0 Å². The zero-order valence-electron chi connectivity index (χ0n) is 9.56. The number of hydrogen-bond acceptors (Lipinski definition) is 5. The lowest BCUT2D eigenvalue weighted by Gasteiger charge is -1.99. The molecule has 0 unspecified atom stereocenters. The van der Waals surface area contributed by atoms with Gasteiger partial charge in [0.1, 0.15) is 5.52 Å². The number of nitrogens with zero attached hydrogens (tertiary/aromatic N) is 3. The van der Waals surface area contributed by atoms with Gasteiger partial charge in [0, 0.05) is 0 Å². The van der Waals surface area contributed by atoms with Gasteiger partial charge in [-0.1, -0.05) is 4.98 Å². The molecular weight excluding hydrogens is 234 g/mol. The maximum absolute atomic E-state index is 5.80. The van der Waals surface area contributed by atoms with Crippen molar-refractivity contribution in [1.82, 2.24) is 9.97 Å². The Kier molecular flexibility index (Phi) is 1.97. The summed E-state index contributed by atoms with van der Waals surface area (Å²) in [6, 6.07) is 4.05. The van der Waals surface area contributed by atoms with Crippen LogP contribution in [0.2, 0.25) is 0 Å². The Bertz CT molecular complexity index is 747. The summed E-state index contributed by atoms with van der Waals surface area (Å²) in [6.45, 7) is 4.12. The van der Waals surface area contributed by atoms with Crippen LogP contribution in [0.25, 0.3) is 21.5 Å². The SMILES string of the molecule is Cc1cc2nc3sc(N)[n+](N)c3nc2cc1C. The number of rotatable bonds is 0. The van der Waals surface area contributed by atoms with Crippen LogP contribution in [0.15, 0.2) is 12.1 Å². The van der Waals surface area contributed by atoms with Gasteiger partial charge in [-0.05, 0) is 48.4 Å². The average Bonchev–Trinajstić information content (AvgIpc) is 2.54. The largest absolute Gasteiger partial charge is 0.322 e. The number of anilines is 1. The van der Waals surface area contributed by atoms with Gasteiger partial charge in [0.25, 0.3) is 0 Å². The summed E-state index contributed by atoms with van der Waals surface area (Å²) in [4.78, 5) is 9.81. The van der Waals surface area contributed by atoms with Crippen LogP contribution in [0, 0.1) is 13.8 Å². The van der Waals surface area contributed by atoms with Gasteiger partial charge in [-0.3, -0.25) is 5.84 Å².